The van der Waals surface area contributed by atoms with E-state index in [-0.39, 0.29) is 5.82 Å². The number of nitrogens with two attached hydrogens (primary N) is 1. The van der Waals surface area contributed by atoms with Crippen molar-refractivity contribution in [3.05, 3.63) is 29.6 Å². The van der Waals surface area contributed by atoms with Crippen molar-refractivity contribution in [2.24, 2.45) is 5.73 Å². The Balaban J connectivity index is 2.30. The van der Waals surface area contributed by atoms with Crippen molar-refractivity contribution in [3.8, 4) is 0 Å². The van der Waals surface area contributed by atoms with Gasteiger partial charge in [-0.3, -0.25) is 0 Å². The molecule has 1 aliphatic heterocycles. The van der Waals surface area contributed by atoms with E-state index in [1.165, 1.54) is 31.7 Å². The highest BCUT2D eigenvalue weighted by molar-refractivity contribution is 5.54. The van der Waals surface area contributed by atoms with Crippen LogP contribution in [0.2, 0.25) is 0 Å². The smallest absolute Gasteiger partial charge is 0.123 e. The number of nitrogens with zero attached hydrogens (tertiary/aromatic N) is 1. The zero-order chi connectivity index (χ0) is 12.3. The minimum Gasteiger partial charge on any atom is -0.369 e. The van der Waals surface area contributed by atoms with Gasteiger partial charge < -0.3 is 10.6 Å². The molecule has 0 bridgehead atoms. The van der Waals surface area contributed by atoms with Crippen molar-refractivity contribution >= 4 is 5.69 Å². The molecule has 0 aromatic heterocycles. The molecule has 1 atom stereocenters. The quantitative estimate of drug-likeness (QED) is 0.855. The van der Waals surface area contributed by atoms with Crippen molar-refractivity contribution in [1.82, 2.24) is 0 Å². The highest BCUT2D eigenvalue weighted by Gasteiger charge is 2.19. The number of halogens is 1. The number of hydrogen-bond donors (Lipinski definition) is 1. The monoisotopic (exact) mass is 236 g/mol. The van der Waals surface area contributed by atoms with Crippen LogP contribution >= 0.6 is 0 Å². The van der Waals surface area contributed by atoms with Crippen molar-refractivity contribution in [1.29, 1.82) is 0 Å². The van der Waals surface area contributed by atoms with Gasteiger partial charge in [0.1, 0.15) is 5.82 Å². The first kappa shape index (κ1) is 12.4. The lowest BCUT2D eigenvalue weighted by atomic mass is 10.1. The van der Waals surface area contributed by atoms with Gasteiger partial charge >= 0.3 is 0 Å². The minimum absolute atomic E-state index is 0.198. The summed E-state index contributed by atoms with van der Waals surface area (Å²) in [6.45, 7) is 3.70. The molecular weight excluding hydrogens is 215 g/mol. The van der Waals surface area contributed by atoms with Crippen LogP contribution in [0.25, 0.3) is 0 Å². The van der Waals surface area contributed by atoms with Crippen LogP contribution in [-0.4, -0.2) is 12.6 Å². The fourth-order valence-electron chi connectivity index (χ4n) is 2.63. The normalized spacial score (nSPS) is 21.4. The van der Waals surface area contributed by atoms with E-state index < -0.39 is 0 Å². The lowest BCUT2D eigenvalue weighted by molar-refractivity contribution is 0.607. The van der Waals surface area contributed by atoms with Crippen molar-refractivity contribution in [2.45, 2.75) is 45.2 Å². The Morgan fingerprint density at radius 2 is 2.18 bits per heavy atom. The molecule has 0 amide bonds. The van der Waals surface area contributed by atoms with Gasteiger partial charge in [-0.15, -0.1) is 0 Å². The summed E-state index contributed by atoms with van der Waals surface area (Å²) in [4.78, 5) is 2.38. The van der Waals surface area contributed by atoms with Gasteiger partial charge in [0.15, 0.2) is 0 Å². The molecule has 17 heavy (non-hydrogen) atoms. The van der Waals surface area contributed by atoms with Gasteiger partial charge in [0, 0.05) is 24.8 Å². The summed E-state index contributed by atoms with van der Waals surface area (Å²) >= 11 is 0. The fourth-order valence-corrected chi connectivity index (χ4v) is 2.63. The number of hydrogen-bond acceptors (Lipinski definition) is 2. The third-order valence-corrected chi connectivity index (χ3v) is 3.62. The van der Waals surface area contributed by atoms with Crippen LogP contribution in [-0.2, 0) is 6.54 Å². The Bertz CT molecular complexity index is 378. The summed E-state index contributed by atoms with van der Waals surface area (Å²) < 4.78 is 13.2. The van der Waals surface area contributed by atoms with Crippen LogP contribution < -0.4 is 10.6 Å². The molecule has 1 aromatic rings. The zero-order valence-corrected chi connectivity index (χ0v) is 10.5. The first-order valence-corrected chi connectivity index (χ1v) is 6.47. The molecule has 2 N–H and O–H groups in total. The molecule has 1 saturated heterocycles. The number of rotatable bonds is 2. The number of benzene rings is 1. The number of anilines is 1. The van der Waals surface area contributed by atoms with E-state index in [2.05, 4.69) is 11.8 Å². The molecule has 1 heterocycles. The largest absolute Gasteiger partial charge is 0.369 e. The maximum absolute atomic E-state index is 13.2. The summed E-state index contributed by atoms with van der Waals surface area (Å²) in [6, 6.07) is 5.49. The van der Waals surface area contributed by atoms with Crippen LogP contribution in [0.15, 0.2) is 18.2 Å². The Morgan fingerprint density at radius 3 is 2.94 bits per heavy atom. The molecule has 0 radical (unpaired) electrons. The van der Waals surface area contributed by atoms with Crippen LogP contribution in [0, 0.1) is 5.82 Å². The Kier molecular flexibility index (Phi) is 4.00. The summed E-state index contributed by atoms with van der Waals surface area (Å²) in [5.74, 6) is -0.198. The second kappa shape index (κ2) is 5.50. The predicted octanol–water partition coefficient (Wildman–Crippen LogP) is 3.05. The molecule has 0 aliphatic carbocycles. The van der Waals surface area contributed by atoms with Gasteiger partial charge in [-0.25, -0.2) is 4.39 Å². The van der Waals surface area contributed by atoms with Gasteiger partial charge in [-0.05, 0) is 43.5 Å². The second-order valence-electron chi connectivity index (χ2n) is 4.87. The standard InChI is InChI=1S/C14H21FN2/c1-11-5-3-2-4-8-17(11)14-7-6-13(15)9-12(14)10-16/h6-7,9,11H,2-5,8,10,16H2,1H3. The Labute approximate surface area is 103 Å². The van der Waals surface area contributed by atoms with Crippen molar-refractivity contribution in [2.75, 3.05) is 11.4 Å². The van der Waals surface area contributed by atoms with E-state index in [1.807, 2.05) is 6.07 Å². The SMILES string of the molecule is CC1CCCCCN1c1ccc(F)cc1CN. The summed E-state index contributed by atoms with van der Waals surface area (Å²) in [5, 5.41) is 0. The van der Waals surface area contributed by atoms with E-state index in [9.17, 15) is 4.39 Å². The third-order valence-electron chi connectivity index (χ3n) is 3.62. The molecule has 2 nitrogen and oxygen atoms in total. The maximum atomic E-state index is 13.2. The molecule has 1 aliphatic rings. The lowest BCUT2D eigenvalue weighted by Gasteiger charge is -2.31. The fraction of sp³-hybridized carbons (Fsp3) is 0.571. The molecule has 1 aromatic carbocycles. The van der Waals surface area contributed by atoms with Gasteiger partial charge in [0.2, 0.25) is 0 Å². The second-order valence-corrected chi connectivity index (χ2v) is 4.87. The molecule has 1 fully saturated rings. The summed E-state index contributed by atoms with van der Waals surface area (Å²) in [5.41, 5.74) is 7.75. The molecule has 3 heteroatoms. The van der Waals surface area contributed by atoms with Crippen LogP contribution in [0.5, 0.6) is 0 Å². The average Bonchev–Trinajstić information content (AvgIpc) is 2.54. The van der Waals surface area contributed by atoms with Gasteiger partial charge in [0.25, 0.3) is 0 Å². The molecule has 0 spiro atoms. The summed E-state index contributed by atoms with van der Waals surface area (Å²) in [7, 11) is 0. The minimum atomic E-state index is -0.198. The topological polar surface area (TPSA) is 29.3 Å². The summed E-state index contributed by atoms with van der Waals surface area (Å²) in [6.07, 6.45) is 5.00. The van der Waals surface area contributed by atoms with E-state index >= 15 is 0 Å². The van der Waals surface area contributed by atoms with E-state index in [0.717, 1.165) is 17.8 Å². The van der Waals surface area contributed by atoms with E-state index in [0.29, 0.717) is 12.6 Å². The lowest BCUT2D eigenvalue weighted by Crippen LogP contribution is -2.33. The highest BCUT2D eigenvalue weighted by Crippen LogP contribution is 2.27. The zero-order valence-electron chi connectivity index (χ0n) is 10.5. The van der Waals surface area contributed by atoms with Crippen LogP contribution in [0.3, 0.4) is 0 Å². The average molecular weight is 236 g/mol. The Morgan fingerprint density at radius 1 is 1.35 bits per heavy atom. The predicted molar refractivity (Wildman–Crippen MR) is 69.6 cm³/mol. The first-order valence-electron chi connectivity index (χ1n) is 6.47. The van der Waals surface area contributed by atoms with Crippen molar-refractivity contribution in [3.63, 3.8) is 0 Å². The molecule has 1 unspecified atom stereocenters. The van der Waals surface area contributed by atoms with Gasteiger partial charge in [0.05, 0.1) is 0 Å². The third kappa shape index (κ3) is 2.78. The highest BCUT2D eigenvalue weighted by atomic mass is 19.1. The van der Waals surface area contributed by atoms with Crippen molar-refractivity contribution < 1.29 is 4.39 Å². The van der Waals surface area contributed by atoms with E-state index in [4.69, 9.17) is 5.73 Å². The molecular formula is C14H21FN2. The van der Waals surface area contributed by atoms with Crippen LogP contribution in [0.1, 0.15) is 38.2 Å². The van der Waals surface area contributed by atoms with Gasteiger partial charge in [-0.2, -0.15) is 0 Å². The van der Waals surface area contributed by atoms with Crippen LogP contribution in [0.4, 0.5) is 10.1 Å². The van der Waals surface area contributed by atoms with Gasteiger partial charge in [-0.1, -0.05) is 12.8 Å². The molecule has 94 valence electrons. The first-order chi connectivity index (χ1) is 8.22. The molecule has 0 saturated carbocycles. The molecule has 2 rings (SSSR count). The maximum Gasteiger partial charge on any atom is 0.123 e. The Hall–Kier alpha value is -1.09. The van der Waals surface area contributed by atoms with E-state index in [1.54, 1.807) is 6.07 Å².